The number of hydrogen-bond donors (Lipinski definition) is 1. The van der Waals surface area contributed by atoms with Crippen molar-refractivity contribution in [2.75, 3.05) is 6.61 Å². The molecular weight excluding hydrogens is 496 g/mol. The van der Waals surface area contributed by atoms with Crippen LogP contribution in [0.3, 0.4) is 0 Å². The molecule has 37 heavy (non-hydrogen) atoms. The van der Waals surface area contributed by atoms with E-state index in [4.69, 9.17) is 28.4 Å². The SMILES string of the molecule is CC(=O)OC[C@@H]1O[C@@H](OC2=CC(=O)c3c(O)cccc3C2=O)[C@@H](OC(C)=O)[C@@H](OC(C)=O)[C@@H]1OC(C)=O. The summed E-state index contributed by atoms with van der Waals surface area (Å²) in [5.74, 6) is -5.70. The maximum absolute atomic E-state index is 13.0. The number of fused-ring (bicyclic) bond motifs is 1. The van der Waals surface area contributed by atoms with Crippen LogP contribution < -0.4 is 0 Å². The first kappa shape index (κ1) is 27.3. The fraction of sp³-hybridized carbons (Fsp3) is 0.417. The van der Waals surface area contributed by atoms with Crippen molar-refractivity contribution in [3.05, 3.63) is 41.2 Å². The highest BCUT2D eigenvalue weighted by atomic mass is 16.7. The summed E-state index contributed by atoms with van der Waals surface area (Å²) in [6.45, 7) is 3.78. The summed E-state index contributed by atoms with van der Waals surface area (Å²) in [5, 5.41) is 10.00. The molecule has 0 aromatic heterocycles. The zero-order valence-electron chi connectivity index (χ0n) is 20.2. The summed E-state index contributed by atoms with van der Waals surface area (Å²) in [4.78, 5) is 72.7. The Labute approximate surface area is 210 Å². The number of phenolic OH excluding ortho intramolecular Hbond substituents is 1. The van der Waals surface area contributed by atoms with E-state index >= 15 is 0 Å². The average molecular weight is 520 g/mol. The minimum absolute atomic E-state index is 0.145. The molecular formula is C24H24O13. The Balaban J connectivity index is 2.02. The fourth-order valence-corrected chi connectivity index (χ4v) is 3.87. The van der Waals surface area contributed by atoms with E-state index in [1.165, 1.54) is 18.2 Å². The van der Waals surface area contributed by atoms with Crippen LogP contribution in [0.2, 0.25) is 0 Å². The van der Waals surface area contributed by atoms with Crippen molar-refractivity contribution in [3.63, 3.8) is 0 Å². The maximum atomic E-state index is 13.0. The number of hydrogen-bond acceptors (Lipinski definition) is 13. The molecule has 0 bridgehead atoms. The molecule has 1 aliphatic carbocycles. The summed E-state index contributed by atoms with van der Waals surface area (Å²) in [6, 6.07) is 3.90. The van der Waals surface area contributed by atoms with E-state index in [-0.39, 0.29) is 11.1 Å². The Bertz CT molecular complexity index is 1170. The molecule has 1 aromatic carbocycles. The van der Waals surface area contributed by atoms with Gasteiger partial charge in [-0.2, -0.15) is 0 Å². The lowest BCUT2D eigenvalue weighted by molar-refractivity contribution is -0.298. The Morgan fingerprint density at radius 1 is 0.865 bits per heavy atom. The number of aromatic hydroxyl groups is 1. The molecule has 0 amide bonds. The zero-order chi connectivity index (χ0) is 27.4. The van der Waals surface area contributed by atoms with Crippen molar-refractivity contribution in [2.24, 2.45) is 0 Å². The van der Waals surface area contributed by atoms with Crippen molar-refractivity contribution in [2.45, 2.75) is 58.4 Å². The number of ketones is 2. The largest absolute Gasteiger partial charge is 0.507 e. The van der Waals surface area contributed by atoms with E-state index in [1.54, 1.807) is 0 Å². The quantitative estimate of drug-likeness (QED) is 0.394. The van der Waals surface area contributed by atoms with Gasteiger partial charge in [-0.3, -0.25) is 28.8 Å². The van der Waals surface area contributed by atoms with Crippen LogP contribution in [-0.2, 0) is 47.6 Å². The lowest BCUT2D eigenvalue weighted by atomic mass is 9.92. The van der Waals surface area contributed by atoms with Crippen LogP contribution in [-0.4, -0.2) is 77.9 Å². The Kier molecular flexibility index (Phi) is 8.28. The second-order valence-corrected chi connectivity index (χ2v) is 8.09. The van der Waals surface area contributed by atoms with E-state index in [9.17, 15) is 33.9 Å². The lowest BCUT2D eigenvalue weighted by Gasteiger charge is -2.44. The minimum Gasteiger partial charge on any atom is -0.507 e. The van der Waals surface area contributed by atoms with Crippen LogP contribution in [0.25, 0.3) is 0 Å². The van der Waals surface area contributed by atoms with Gasteiger partial charge < -0.3 is 33.5 Å². The van der Waals surface area contributed by atoms with E-state index in [0.717, 1.165) is 33.8 Å². The number of phenols is 1. The number of ether oxygens (including phenoxy) is 6. The Morgan fingerprint density at radius 3 is 2.05 bits per heavy atom. The number of carbonyl (C=O) groups excluding carboxylic acids is 6. The molecule has 0 radical (unpaired) electrons. The molecule has 13 heteroatoms. The molecule has 1 N–H and O–H groups in total. The molecule has 2 aliphatic rings. The van der Waals surface area contributed by atoms with Gasteiger partial charge in [-0.15, -0.1) is 0 Å². The third-order valence-electron chi connectivity index (χ3n) is 5.21. The van der Waals surface area contributed by atoms with Gasteiger partial charge in [0.2, 0.25) is 18.2 Å². The van der Waals surface area contributed by atoms with Gasteiger partial charge in [0.15, 0.2) is 23.8 Å². The first-order valence-corrected chi connectivity index (χ1v) is 11.0. The first-order chi connectivity index (χ1) is 17.4. The van der Waals surface area contributed by atoms with Crippen molar-refractivity contribution in [1.82, 2.24) is 0 Å². The smallest absolute Gasteiger partial charge is 0.303 e. The third-order valence-corrected chi connectivity index (χ3v) is 5.21. The highest BCUT2D eigenvalue weighted by molar-refractivity contribution is 6.24. The minimum atomic E-state index is -1.69. The van der Waals surface area contributed by atoms with E-state index < -0.39 is 84.3 Å². The van der Waals surface area contributed by atoms with Gasteiger partial charge in [-0.1, -0.05) is 6.07 Å². The van der Waals surface area contributed by atoms with Gasteiger partial charge in [0.1, 0.15) is 18.5 Å². The Hall–Kier alpha value is -4.26. The number of allylic oxidation sites excluding steroid dienone is 2. The summed E-state index contributed by atoms with van der Waals surface area (Å²) >= 11 is 0. The lowest BCUT2D eigenvalue weighted by Crippen LogP contribution is -2.63. The number of rotatable bonds is 7. The number of benzene rings is 1. The van der Waals surface area contributed by atoms with Crippen LogP contribution in [0.1, 0.15) is 48.4 Å². The normalized spacial score (nSPS) is 24.8. The van der Waals surface area contributed by atoms with Crippen LogP contribution >= 0.6 is 0 Å². The molecule has 1 heterocycles. The molecule has 198 valence electrons. The van der Waals surface area contributed by atoms with Crippen molar-refractivity contribution in [1.29, 1.82) is 0 Å². The molecule has 13 nitrogen and oxygen atoms in total. The number of carbonyl (C=O) groups is 6. The fourth-order valence-electron chi connectivity index (χ4n) is 3.87. The molecule has 1 saturated heterocycles. The van der Waals surface area contributed by atoms with E-state index in [0.29, 0.717) is 0 Å². The highest BCUT2D eigenvalue weighted by Crippen LogP contribution is 2.34. The molecule has 1 aliphatic heterocycles. The maximum Gasteiger partial charge on any atom is 0.303 e. The average Bonchev–Trinajstić information content (AvgIpc) is 2.78. The number of Topliss-reactive ketones (excluding diaryl/α,β-unsaturated/α-hetero) is 1. The zero-order valence-corrected chi connectivity index (χ0v) is 20.2. The second-order valence-electron chi connectivity index (χ2n) is 8.09. The standard InChI is InChI=1S/C24H24O13/c1-10(25)32-9-18-21(33-11(2)26)22(34-12(3)27)23(35-13(4)28)24(37-18)36-17-8-16(30)19-14(20(17)31)6-5-7-15(19)29/h5-8,18,21-24,29H,9H2,1-4H3/t18-,21+,22-,23-,24+/m0/s1. The summed E-state index contributed by atoms with van der Waals surface area (Å²) in [7, 11) is 0. The van der Waals surface area contributed by atoms with Crippen molar-refractivity contribution >= 4 is 35.4 Å². The first-order valence-electron chi connectivity index (χ1n) is 11.0. The number of esters is 4. The molecule has 1 aromatic rings. The molecule has 0 saturated carbocycles. The van der Waals surface area contributed by atoms with E-state index in [1.807, 2.05) is 0 Å². The highest BCUT2D eigenvalue weighted by Gasteiger charge is 2.54. The van der Waals surface area contributed by atoms with Gasteiger partial charge in [0.25, 0.3) is 0 Å². The van der Waals surface area contributed by atoms with Gasteiger partial charge >= 0.3 is 23.9 Å². The van der Waals surface area contributed by atoms with Crippen LogP contribution in [0.15, 0.2) is 30.0 Å². The van der Waals surface area contributed by atoms with Gasteiger partial charge in [0, 0.05) is 39.3 Å². The van der Waals surface area contributed by atoms with Gasteiger partial charge in [-0.05, 0) is 12.1 Å². The summed E-state index contributed by atoms with van der Waals surface area (Å²) in [5.41, 5.74) is -0.366. The molecule has 0 spiro atoms. The van der Waals surface area contributed by atoms with Gasteiger partial charge in [-0.25, -0.2) is 0 Å². The van der Waals surface area contributed by atoms with Crippen LogP contribution in [0.4, 0.5) is 0 Å². The molecule has 0 unspecified atom stereocenters. The molecule has 3 rings (SSSR count). The molecule has 1 fully saturated rings. The molecule has 5 atom stereocenters. The van der Waals surface area contributed by atoms with Crippen molar-refractivity contribution < 1.29 is 62.3 Å². The van der Waals surface area contributed by atoms with E-state index in [2.05, 4.69) is 0 Å². The predicted octanol–water partition coefficient (Wildman–Crippen LogP) is 0.755. The van der Waals surface area contributed by atoms with Gasteiger partial charge in [0.05, 0.1) is 5.56 Å². The second kappa shape index (κ2) is 11.2. The van der Waals surface area contributed by atoms with Crippen LogP contribution in [0, 0.1) is 0 Å². The topological polar surface area (TPSA) is 178 Å². The third kappa shape index (κ3) is 6.30. The van der Waals surface area contributed by atoms with Crippen molar-refractivity contribution in [3.8, 4) is 5.75 Å². The Morgan fingerprint density at radius 2 is 1.46 bits per heavy atom. The van der Waals surface area contributed by atoms with Crippen LogP contribution in [0.5, 0.6) is 5.75 Å². The summed E-state index contributed by atoms with van der Waals surface area (Å²) in [6.07, 6.45) is -6.70. The summed E-state index contributed by atoms with van der Waals surface area (Å²) < 4.78 is 32.2. The monoisotopic (exact) mass is 520 g/mol. The predicted molar refractivity (Wildman–Crippen MR) is 118 cm³/mol.